The van der Waals surface area contributed by atoms with Gasteiger partial charge in [0.1, 0.15) is 5.75 Å². The molecule has 0 bridgehead atoms. The summed E-state index contributed by atoms with van der Waals surface area (Å²) in [5, 5.41) is 4.67. The summed E-state index contributed by atoms with van der Waals surface area (Å²) in [6, 6.07) is 13.7. The van der Waals surface area contributed by atoms with Crippen LogP contribution in [0.2, 0.25) is 0 Å². The predicted octanol–water partition coefficient (Wildman–Crippen LogP) is 3.65. The van der Waals surface area contributed by atoms with Crippen LogP contribution in [-0.2, 0) is 4.79 Å². The molecule has 0 aliphatic carbocycles. The average Bonchev–Trinajstić information content (AvgIpc) is 3.07. The number of hydrogen-bond donors (Lipinski definition) is 2. The average molecular weight is 440 g/mol. The van der Waals surface area contributed by atoms with E-state index in [1.165, 1.54) is 16.8 Å². The number of benzene rings is 2. The molecule has 0 aliphatic heterocycles. The Morgan fingerprint density at radius 3 is 2.47 bits per heavy atom. The molecule has 0 fully saturated rings. The Morgan fingerprint density at radius 2 is 1.87 bits per heavy atom. The number of ether oxygens (including phenoxy) is 1. The predicted molar refractivity (Wildman–Crippen MR) is 103 cm³/mol. The van der Waals surface area contributed by atoms with E-state index in [4.69, 9.17) is 4.52 Å². The fourth-order valence-corrected chi connectivity index (χ4v) is 3.52. The van der Waals surface area contributed by atoms with Crippen molar-refractivity contribution >= 4 is 23.4 Å². The summed E-state index contributed by atoms with van der Waals surface area (Å²) < 4.78 is 46.8. The van der Waals surface area contributed by atoms with Gasteiger partial charge in [0, 0.05) is 17.8 Å². The molecule has 0 spiro atoms. The quantitative estimate of drug-likeness (QED) is 0.433. The van der Waals surface area contributed by atoms with Crippen LogP contribution in [0, 0.1) is 0 Å². The van der Waals surface area contributed by atoms with E-state index < -0.39 is 28.9 Å². The lowest BCUT2D eigenvalue weighted by Gasteiger charge is -2.13. The number of hydrogen-bond acceptors (Lipinski definition) is 5. The highest BCUT2D eigenvalue weighted by Crippen LogP contribution is 2.26. The number of nitrogens with one attached hydrogen (secondary N) is 2. The molecule has 0 saturated heterocycles. The molecule has 30 heavy (non-hydrogen) atoms. The third kappa shape index (κ3) is 5.44. The van der Waals surface area contributed by atoms with Gasteiger partial charge in [-0.05, 0) is 52.4 Å². The van der Waals surface area contributed by atoms with Gasteiger partial charge in [-0.1, -0.05) is 25.1 Å². The van der Waals surface area contributed by atoms with Gasteiger partial charge in [0.15, 0.2) is 0 Å². The molecule has 0 saturated carbocycles. The molecule has 2 N–H and O–H groups in total. The molecule has 1 heterocycles. The van der Waals surface area contributed by atoms with Crippen molar-refractivity contribution in [2.24, 2.45) is 0 Å². The van der Waals surface area contributed by atoms with Gasteiger partial charge < -0.3 is 10.1 Å². The van der Waals surface area contributed by atoms with E-state index in [9.17, 15) is 22.8 Å². The molecule has 1 amide bonds. The van der Waals surface area contributed by atoms with Crippen LogP contribution in [0.4, 0.5) is 18.9 Å². The number of carbonyl (C=O) groups excluding carboxylic acids is 1. The van der Waals surface area contributed by atoms with Gasteiger partial charge >= 0.3 is 17.0 Å². The van der Waals surface area contributed by atoms with Crippen LogP contribution in [0.3, 0.4) is 0 Å². The normalized spacial score (nSPS) is 12.4. The number of anilines is 1. The summed E-state index contributed by atoms with van der Waals surface area (Å²) in [5.41, 5.74) is 0.329. The Balaban J connectivity index is 1.72. The summed E-state index contributed by atoms with van der Waals surface area (Å²) in [6.45, 7) is 1.78. The molecular weight excluding hydrogens is 423 g/mol. The van der Waals surface area contributed by atoms with Crippen LogP contribution in [0.5, 0.6) is 5.75 Å². The largest absolute Gasteiger partial charge is 0.573 e. The number of para-hydroxylation sites is 1. The topological polar surface area (TPSA) is 88.2 Å². The maximum Gasteiger partial charge on any atom is 0.573 e. The van der Waals surface area contributed by atoms with Gasteiger partial charge in [-0.3, -0.25) is 9.32 Å². The first-order valence-electron chi connectivity index (χ1n) is 8.79. The number of aromatic amines is 1. The van der Waals surface area contributed by atoms with Gasteiger partial charge in [-0.15, -0.1) is 13.2 Å². The standard InChI is InChI=1S/C19H16F3N3O4S/c1-2-15(16(26)23-12-8-10-14(11-9-12)28-19(20,21)22)30-17-18(27)29-24-25(17)13-6-4-3-5-7-13/h3-11,15H,2H2,1H3,(H-,23,24,26,27)/p+1. The Labute approximate surface area is 172 Å². The molecule has 1 unspecified atom stereocenters. The molecule has 2 aromatic carbocycles. The van der Waals surface area contributed by atoms with E-state index in [0.717, 1.165) is 23.9 Å². The highest BCUT2D eigenvalue weighted by Gasteiger charge is 2.32. The molecule has 3 rings (SSSR count). The molecule has 11 heteroatoms. The van der Waals surface area contributed by atoms with Crippen molar-refractivity contribution in [1.82, 2.24) is 5.27 Å². The van der Waals surface area contributed by atoms with Crippen molar-refractivity contribution in [3.63, 3.8) is 0 Å². The summed E-state index contributed by atoms with van der Waals surface area (Å²) in [5.74, 6) is -0.803. The lowest BCUT2D eigenvalue weighted by molar-refractivity contribution is -0.704. The van der Waals surface area contributed by atoms with Crippen molar-refractivity contribution in [3.05, 3.63) is 65.0 Å². The zero-order valence-electron chi connectivity index (χ0n) is 15.6. The molecule has 0 radical (unpaired) electrons. The number of alkyl halides is 3. The zero-order valence-corrected chi connectivity index (χ0v) is 16.4. The second kappa shape index (κ2) is 9.08. The minimum Gasteiger partial charge on any atom is -0.406 e. The first kappa shape index (κ1) is 21.5. The molecule has 0 aliphatic rings. The van der Waals surface area contributed by atoms with Gasteiger partial charge in [-0.25, -0.2) is 4.79 Å². The van der Waals surface area contributed by atoms with Crippen molar-refractivity contribution in [1.29, 1.82) is 0 Å². The van der Waals surface area contributed by atoms with Crippen LogP contribution in [-0.4, -0.2) is 22.8 Å². The SMILES string of the molecule is CCC(Sc1c(=O)o[nH][n+]1-c1ccccc1)C(=O)Nc1ccc(OC(F)(F)F)cc1. The number of carbonyl (C=O) groups is 1. The third-order valence-corrected chi connectivity index (χ3v) is 5.30. The Hall–Kier alpha value is -3.21. The summed E-state index contributed by atoms with van der Waals surface area (Å²) in [6.07, 6.45) is -4.40. The highest BCUT2D eigenvalue weighted by molar-refractivity contribution is 8.00. The molecule has 7 nitrogen and oxygen atoms in total. The number of aromatic nitrogens is 2. The van der Waals surface area contributed by atoms with Crippen molar-refractivity contribution in [3.8, 4) is 11.4 Å². The lowest BCUT2D eigenvalue weighted by atomic mass is 10.2. The van der Waals surface area contributed by atoms with E-state index in [1.807, 2.05) is 6.07 Å². The highest BCUT2D eigenvalue weighted by atomic mass is 32.2. The second-order valence-corrected chi connectivity index (χ2v) is 7.22. The maximum atomic E-state index is 12.6. The summed E-state index contributed by atoms with van der Waals surface area (Å²) in [4.78, 5) is 24.8. The zero-order chi connectivity index (χ0) is 21.7. The van der Waals surface area contributed by atoms with E-state index in [0.29, 0.717) is 17.8 Å². The lowest BCUT2D eigenvalue weighted by Crippen LogP contribution is -2.37. The number of thioether (sulfide) groups is 1. The summed E-state index contributed by atoms with van der Waals surface area (Å²) in [7, 11) is 0. The molecular formula is C19H17F3N3O4S+. The summed E-state index contributed by atoms with van der Waals surface area (Å²) >= 11 is 1.02. The Bertz CT molecular complexity index is 1050. The maximum absolute atomic E-state index is 12.6. The van der Waals surface area contributed by atoms with E-state index in [-0.39, 0.29) is 5.03 Å². The fourth-order valence-electron chi connectivity index (χ4n) is 2.53. The van der Waals surface area contributed by atoms with Crippen molar-refractivity contribution in [2.75, 3.05) is 5.32 Å². The molecule has 158 valence electrons. The number of amides is 1. The number of rotatable bonds is 7. The van der Waals surface area contributed by atoms with Gasteiger partial charge in [-0.2, -0.15) is 0 Å². The molecule has 1 atom stereocenters. The van der Waals surface area contributed by atoms with Gasteiger partial charge in [0.05, 0.1) is 5.25 Å². The first-order valence-corrected chi connectivity index (χ1v) is 9.67. The minimum atomic E-state index is -4.79. The monoisotopic (exact) mass is 440 g/mol. The van der Waals surface area contributed by atoms with Gasteiger partial charge in [0.2, 0.25) is 11.6 Å². The Kier molecular flexibility index (Phi) is 6.50. The smallest absolute Gasteiger partial charge is 0.406 e. The number of halogens is 3. The second-order valence-electron chi connectivity index (χ2n) is 6.03. The Morgan fingerprint density at radius 1 is 1.20 bits per heavy atom. The first-order chi connectivity index (χ1) is 14.3. The number of nitrogens with zero attached hydrogens (tertiary/aromatic N) is 1. The third-order valence-electron chi connectivity index (χ3n) is 3.89. The van der Waals surface area contributed by atoms with E-state index in [2.05, 4.69) is 15.3 Å². The van der Waals surface area contributed by atoms with Gasteiger partial charge in [0.25, 0.3) is 0 Å². The van der Waals surface area contributed by atoms with Crippen LogP contribution in [0.25, 0.3) is 5.69 Å². The van der Waals surface area contributed by atoms with E-state index in [1.54, 1.807) is 31.2 Å². The van der Waals surface area contributed by atoms with Crippen molar-refractivity contribution in [2.45, 2.75) is 30.0 Å². The number of H-pyrrole nitrogens is 1. The minimum absolute atomic E-state index is 0.192. The van der Waals surface area contributed by atoms with Crippen LogP contribution < -0.4 is 20.4 Å². The van der Waals surface area contributed by atoms with Crippen molar-refractivity contribution < 1.29 is 31.9 Å². The van der Waals surface area contributed by atoms with Crippen LogP contribution in [0.15, 0.2) is 68.9 Å². The molecule has 3 aromatic rings. The van der Waals surface area contributed by atoms with Crippen LogP contribution in [0.1, 0.15) is 13.3 Å². The molecule has 1 aromatic heterocycles. The van der Waals surface area contributed by atoms with Crippen LogP contribution >= 0.6 is 11.8 Å². The fraction of sp³-hybridized carbons (Fsp3) is 0.211. The van der Waals surface area contributed by atoms with E-state index >= 15 is 0 Å².